The van der Waals surface area contributed by atoms with Gasteiger partial charge >= 0.3 is 0 Å². The van der Waals surface area contributed by atoms with E-state index in [9.17, 15) is 0 Å². The molecular weight excluding hydrogens is 286 g/mol. The molecule has 1 aliphatic rings. The molecule has 1 fully saturated rings. The maximum Gasteiger partial charge on any atom is 0.194 e. The van der Waals surface area contributed by atoms with Crippen LogP contribution in [0.1, 0.15) is 47.0 Å². The molecule has 1 heterocycles. The molecule has 1 N–H and O–H groups in total. The molecule has 1 atom stereocenters. The number of guanidine groups is 1. The van der Waals surface area contributed by atoms with Crippen LogP contribution in [0, 0.1) is 0 Å². The van der Waals surface area contributed by atoms with E-state index in [1.165, 1.54) is 25.8 Å². The van der Waals surface area contributed by atoms with Crippen LogP contribution in [0.2, 0.25) is 0 Å². The highest BCUT2D eigenvalue weighted by molar-refractivity contribution is 5.80. The van der Waals surface area contributed by atoms with Gasteiger partial charge in [-0.3, -0.25) is 9.89 Å². The van der Waals surface area contributed by atoms with E-state index in [0.717, 1.165) is 51.8 Å². The van der Waals surface area contributed by atoms with Gasteiger partial charge in [-0.2, -0.15) is 0 Å². The summed E-state index contributed by atoms with van der Waals surface area (Å²) in [5, 5.41) is 3.48. The SMILES string of the molecule is CCCCN(C)CCN=C(NCC)N1CCC(N(CC)CC)C1. The van der Waals surface area contributed by atoms with Gasteiger partial charge in [0.2, 0.25) is 0 Å². The number of likely N-dealkylation sites (N-methyl/N-ethyl adjacent to an activating group) is 2. The van der Waals surface area contributed by atoms with E-state index in [-0.39, 0.29) is 0 Å². The average molecular weight is 326 g/mol. The van der Waals surface area contributed by atoms with Crippen molar-refractivity contribution >= 4 is 5.96 Å². The smallest absolute Gasteiger partial charge is 0.194 e. The Hall–Kier alpha value is -0.810. The summed E-state index contributed by atoms with van der Waals surface area (Å²) >= 11 is 0. The van der Waals surface area contributed by atoms with E-state index in [4.69, 9.17) is 4.99 Å². The van der Waals surface area contributed by atoms with Gasteiger partial charge in [0.15, 0.2) is 5.96 Å². The van der Waals surface area contributed by atoms with Gasteiger partial charge in [0.25, 0.3) is 0 Å². The summed E-state index contributed by atoms with van der Waals surface area (Å²) in [6.07, 6.45) is 3.79. The van der Waals surface area contributed by atoms with E-state index >= 15 is 0 Å². The highest BCUT2D eigenvalue weighted by Crippen LogP contribution is 2.15. The Labute approximate surface area is 144 Å². The molecule has 5 nitrogen and oxygen atoms in total. The molecule has 23 heavy (non-hydrogen) atoms. The zero-order valence-corrected chi connectivity index (χ0v) is 16.1. The van der Waals surface area contributed by atoms with Crippen molar-refractivity contribution in [3.05, 3.63) is 0 Å². The van der Waals surface area contributed by atoms with E-state index in [1.54, 1.807) is 0 Å². The number of aliphatic imine (C=N–C) groups is 1. The summed E-state index contributed by atoms with van der Waals surface area (Å²) in [4.78, 5) is 12.3. The molecule has 0 amide bonds. The zero-order valence-electron chi connectivity index (χ0n) is 16.1. The fourth-order valence-corrected chi connectivity index (χ4v) is 3.26. The lowest BCUT2D eigenvalue weighted by Crippen LogP contribution is -2.43. The minimum absolute atomic E-state index is 0.682. The molecule has 0 bridgehead atoms. The van der Waals surface area contributed by atoms with Gasteiger partial charge in [-0.05, 0) is 46.4 Å². The van der Waals surface area contributed by atoms with Gasteiger partial charge in [0.05, 0.1) is 6.54 Å². The standard InChI is InChI=1S/C18H39N5/c1-6-10-13-21(5)15-12-20-18(19-7-2)23-14-11-17(16-23)22(8-3)9-4/h17H,6-16H2,1-5H3,(H,19,20). The van der Waals surface area contributed by atoms with Crippen molar-refractivity contribution in [2.75, 3.05) is 59.4 Å². The third-order valence-corrected chi connectivity index (χ3v) is 4.76. The van der Waals surface area contributed by atoms with Crippen LogP contribution >= 0.6 is 0 Å². The lowest BCUT2D eigenvalue weighted by Gasteiger charge is -2.27. The molecule has 0 aromatic carbocycles. The van der Waals surface area contributed by atoms with E-state index in [1.807, 2.05) is 0 Å². The van der Waals surface area contributed by atoms with Crippen molar-refractivity contribution < 1.29 is 0 Å². The molecule has 1 aliphatic heterocycles. The summed E-state index contributed by atoms with van der Waals surface area (Å²) in [5.74, 6) is 1.10. The molecule has 0 saturated carbocycles. The number of nitrogens with zero attached hydrogens (tertiary/aromatic N) is 4. The third-order valence-electron chi connectivity index (χ3n) is 4.76. The first-order valence-corrected chi connectivity index (χ1v) is 9.61. The topological polar surface area (TPSA) is 34.1 Å². The maximum absolute atomic E-state index is 4.86. The summed E-state index contributed by atoms with van der Waals surface area (Å²) in [5.41, 5.74) is 0. The van der Waals surface area contributed by atoms with E-state index in [0.29, 0.717) is 6.04 Å². The Morgan fingerprint density at radius 2 is 1.91 bits per heavy atom. The monoisotopic (exact) mass is 325 g/mol. The normalized spacial score (nSPS) is 19.2. The van der Waals surface area contributed by atoms with Crippen molar-refractivity contribution in [1.29, 1.82) is 0 Å². The molecule has 5 heteroatoms. The maximum atomic E-state index is 4.86. The largest absolute Gasteiger partial charge is 0.357 e. The van der Waals surface area contributed by atoms with Gasteiger partial charge < -0.3 is 15.1 Å². The summed E-state index contributed by atoms with van der Waals surface area (Å²) in [7, 11) is 2.20. The number of hydrogen-bond donors (Lipinski definition) is 1. The van der Waals surface area contributed by atoms with Crippen LogP contribution in [-0.2, 0) is 0 Å². The molecule has 1 rings (SSSR count). The highest BCUT2D eigenvalue weighted by atomic mass is 15.3. The lowest BCUT2D eigenvalue weighted by atomic mass is 10.2. The third kappa shape index (κ3) is 7.08. The average Bonchev–Trinajstić information content (AvgIpc) is 3.03. The predicted octanol–water partition coefficient (Wildman–Crippen LogP) is 2.10. The number of hydrogen-bond acceptors (Lipinski definition) is 3. The minimum atomic E-state index is 0.682. The zero-order chi connectivity index (χ0) is 17.1. The lowest BCUT2D eigenvalue weighted by molar-refractivity contribution is 0.223. The van der Waals surface area contributed by atoms with Crippen molar-refractivity contribution in [3.63, 3.8) is 0 Å². The molecule has 1 unspecified atom stereocenters. The predicted molar refractivity (Wildman–Crippen MR) is 101 cm³/mol. The Kier molecular flexibility index (Phi) is 10.3. The van der Waals surface area contributed by atoms with Crippen molar-refractivity contribution in [2.24, 2.45) is 4.99 Å². The van der Waals surface area contributed by atoms with Crippen LogP contribution in [0.3, 0.4) is 0 Å². The van der Waals surface area contributed by atoms with Gasteiger partial charge in [-0.15, -0.1) is 0 Å². The fourth-order valence-electron chi connectivity index (χ4n) is 3.26. The number of rotatable bonds is 10. The second kappa shape index (κ2) is 11.7. The first-order valence-electron chi connectivity index (χ1n) is 9.61. The quantitative estimate of drug-likeness (QED) is 0.493. The first kappa shape index (κ1) is 20.2. The summed E-state index contributed by atoms with van der Waals surface area (Å²) in [6.45, 7) is 17.5. The Bertz CT molecular complexity index is 327. The molecule has 1 saturated heterocycles. The summed E-state index contributed by atoms with van der Waals surface area (Å²) in [6, 6.07) is 0.682. The highest BCUT2D eigenvalue weighted by Gasteiger charge is 2.27. The van der Waals surface area contributed by atoms with Crippen LogP contribution in [0.5, 0.6) is 0 Å². The first-order chi connectivity index (χ1) is 11.2. The van der Waals surface area contributed by atoms with Gasteiger partial charge in [-0.25, -0.2) is 0 Å². The van der Waals surface area contributed by atoms with Crippen LogP contribution in [-0.4, -0.2) is 86.1 Å². The van der Waals surface area contributed by atoms with E-state index < -0.39 is 0 Å². The second-order valence-electron chi connectivity index (χ2n) is 6.50. The fraction of sp³-hybridized carbons (Fsp3) is 0.944. The van der Waals surface area contributed by atoms with Crippen molar-refractivity contribution in [2.45, 2.75) is 53.0 Å². The molecular formula is C18H39N5. The minimum Gasteiger partial charge on any atom is -0.357 e. The number of nitrogens with one attached hydrogen (secondary N) is 1. The number of likely N-dealkylation sites (tertiary alicyclic amines) is 1. The van der Waals surface area contributed by atoms with Crippen molar-refractivity contribution in [3.8, 4) is 0 Å². The Morgan fingerprint density at radius 1 is 1.17 bits per heavy atom. The molecule has 0 spiro atoms. The van der Waals surface area contributed by atoms with Crippen molar-refractivity contribution in [1.82, 2.24) is 20.0 Å². The van der Waals surface area contributed by atoms with Gasteiger partial charge in [-0.1, -0.05) is 27.2 Å². The molecule has 0 aromatic rings. The van der Waals surface area contributed by atoms with Crippen LogP contribution in [0.15, 0.2) is 4.99 Å². The molecule has 0 aliphatic carbocycles. The van der Waals surface area contributed by atoms with Crippen LogP contribution < -0.4 is 5.32 Å². The molecule has 136 valence electrons. The second-order valence-corrected chi connectivity index (χ2v) is 6.50. The Balaban J connectivity index is 2.49. The number of unbranched alkanes of at least 4 members (excludes halogenated alkanes) is 1. The Morgan fingerprint density at radius 3 is 2.52 bits per heavy atom. The van der Waals surface area contributed by atoms with Gasteiger partial charge in [0, 0.05) is 32.2 Å². The van der Waals surface area contributed by atoms with E-state index in [2.05, 4.69) is 54.8 Å². The van der Waals surface area contributed by atoms with Crippen LogP contribution in [0.25, 0.3) is 0 Å². The molecule has 0 aromatic heterocycles. The van der Waals surface area contributed by atoms with Crippen LogP contribution in [0.4, 0.5) is 0 Å². The van der Waals surface area contributed by atoms with Gasteiger partial charge in [0.1, 0.15) is 0 Å². The summed E-state index contributed by atoms with van der Waals surface area (Å²) < 4.78 is 0. The molecule has 0 radical (unpaired) electrons.